The third-order valence-corrected chi connectivity index (χ3v) is 7.71. The minimum absolute atomic E-state index is 0.0965. The second-order valence-corrected chi connectivity index (χ2v) is 9.22. The average Bonchev–Trinajstić information content (AvgIpc) is 3.28. The molecule has 1 saturated heterocycles. The zero-order valence-corrected chi connectivity index (χ0v) is 16.7. The molecule has 27 heavy (non-hydrogen) atoms. The summed E-state index contributed by atoms with van der Waals surface area (Å²) in [5.41, 5.74) is 4.82. The van der Waals surface area contributed by atoms with Crippen molar-refractivity contribution in [1.29, 1.82) is 0 Å². The molecular formula is C19H20N4O2S2. The van der Waals surface area contributed by atoms with Gasteiger partial charge in [0.25, 0.3) is 5.56 Å². The molecule has 1 aromatic carbocycles. The molecule has 1 aliphatic rings. The van der Waals surface area contributed by atoms with Crippen molar-refractivity contribution in [1.82, 2.24) is 14.6 Å². The summed E-state index contributed by atoms with van der Waals surface area (Å²) in [6.07, 6.45) is 0.206. The maximum Gasteiger partial charge on any atom is 0.266 e. The highest BCUT2D eigenvalue weighted by Gasteiger charge is 2.19. The Hall–Kier alpha value is -2.19. The van der Waals surface area contributed by atoms with E-state index in [4.69, 9.17) is 0 Å². The van der Waals surface area contributed by atoms with Crippen molar-refractivity contribution in [3.8, 4) is 0 Å². The molecule has 2 N–H and O–H groups in total. The van der Waals surface area contributed by atoms with E-state index in [2.05, 4.69) is 27.5 Å². The number of hydrogen-bond acceptors (Lipinski definition) is 5. The Bertz CT molecular complexity index is 1070. The third kappa shape index (κ3) is 3.77. The van der Waals surface area contributed by atoms with Gasteiger partial charge < -0.3 is 5.32 Å². The smallest absolute Gasteiger partial charge is 0.266 e. The number of fused-ring (bicyclic) bond motifs is 1. The van der Waals surface area contributed by atoms with Gasteiger partial charge in [-0.3, -0.25) is 14.7 Å². The summed E-state index contributed by atoms with van der Waals surface area (Å²) in [6, 6.07) is 9.52. The predicted octanol–water partition coefficient (Wildman–Crippen LogP) is 3.30. The number of anilines is 1. The van der Waals surface area contributed by atoms with Crippen molar-refractivity contribution < 1.29 is 4.79 Å². The number of benzene rings is 1. The van der Waals surface area contributed by atoms with E-state index in [0.29, 0.717) is 10.2 Å². The van der Waals surface area contributed by atoms with Crippen LogP contribution in [0, 0.1) is 13.8 Å². The van der Waals surface area contributed by atoms with E-state index >= 15 is 0 Å². The number of aryl methyl sites for hydroxylation is 2. The van der Waals surface area contributed by atoms with Gasteiger partial charge in [0.2, 0.25) is 5.91 Å². The Morgan fingerprint density at radius 2 is 2.07 bits per heavy atom. The van der Waals surface area contributed by atoms with Crippen molar-refractivity contribution in [3.05, 3.63) is 63.2 Å². The lowest BCUT2D eigenvalue weighted by molar-refractivity contribution is -0.115. The van der Waals surface area contributed by atoms with Gasteiger partial charge in [-0.2, -0.15) is 0 Å². The Morgan fingerprint density at radius 1 is 1.30 bits per heavy atom. The minimum atomic E-state index is -0.203. The van der Waals surface area contributed by atoms with E-state index in [9.17, 15) is 9.59 Å². The maximum absolute atomic E-state index is 12.6. The largest absolute Gasteiger partial charge is 0.326 e. The van der Waals surface area contributed by atoms with Crippen LogP contribution < -0.4 is 10.9 Å². The van der Waals surface area contributed by atoms with Gasteiger partial charge in [-0.1, -0.05) is 12.1 Å². The summed E-state index contributed by atoms with van der Waals surface area (Å²) in [4.78, 5) is 28.6. The van der Waals surface area contributed by atoms with Gasteiger partial charge in [-0.05, 0) is 31.5 Å². The van der Waals surface area contributed by atoms with Crippen LogP contribution in [0.25, 0.3) is 5.65 Å². The molecule has 1 amide bonds. The number of amides is 1. The zero-order chi connectivity index (χ0) is 19.0. The molecule has 0 unspecified atom stereocenters. The SMILES string of the molecule is Cc1nc2cc(=O)[nH]n2c(C)c1CC(=O)Nc1cccc(C2SCCS2)c1. The summed E-state index contributed by atoms with van der Waals surface area (Å²) in [7, 11) is 0. The Morgan fingerprint density at radius 3 is 2.85 bits per heavy atom. The van der Waals surface area contributed by atoms with Crippen molar-refractivity contribution in [3.63, 3.8) is 0 Å². The summed E-state index contributed by atoms with van der Waals surface area (Å²) in [5.74, 6) is 2.24. The van der Waals surface area contributed by atoms with E-state index in [1.165, 1.54) is 23.1 Å². The molecule has 0 aliphatic carbocycles. The normalized spacial score (nSPS) is 14.7. The summed E-state index contributed by atoms with van der Waals surface area (Å²) >= 11 is 3.89. The van der Waals surface area contributed by atoms with E-state index in [1.807, 2.05) is 49.5 Å². The number of carbonyl (C=O) groups is 1. The van der Waals surface area contributed by atoms with Crippen molar-refractivity contribution in [2.75, 3.05) is 16.8 Å². The number of H-pyrrole nitrogens is 1. The molecule has 1 aliphatic heterocycles. The lowest BCUT2D eigenvalue weighted by Gasteiger charge is -2.13. The van der Waals surface area contributed by atoms with Gasteiger partial charge in [-0.15, -0.1) is 23.5 Å². The van der Waals surface area contributed by atoms with Gasteiger partial charge in [0, 0.05) is 40.2 Å². The lowest BCUT2D eigenvalue weighted by atomic mass is 10.1. The van der Waals surface area contributed by atoms with Crippen LogP contribution >= 0.6 is 23.5 Å². The Balaban J connectivity index is 1.54. The van der Waals surface area contributed by atoms with Gasteiger partial charge in [0.1, 0.15) is 0 Å². The number of aromatic nitrogens is 3. The van der Waals surface area contributed by atoms with Crippen LogP contribution in [-0.4, -0.2) is 32.0 Å². The monoisotopic (exact) mass is 400 g/mol. The number of nitrogens with zero attached hydrogens (tertiary/aromatic N) is 2. The number of aromatic amines is 1. The first-order chi connectivity index (χ1) is 13.0. The Kier molecular flexibility index (Phi) is 5.01. The second-order valence-electron chi connectivity index (χ2n) is 6.50. The highest BCUT2D eigenvalue weighted by Crippen LogP contribution is 2.45. The van der Waals surface area contributed by atoms with Crippen LogP contribution in [0.5, 0.6) is 0 Å². The van der Waals surface area contributed by atoms with Crippen LogP contribution in [0.2, 0.25) is 0 Å². The maximum atomic E-state index is 12.6. The molecule has 2 aromatic heterocycles. The second kappa shape index (κ2) is 7.44. The fourth-order valence-electron chi connectivity index (χ4n) is 3.29. The molecule has 0 atom stereocenters. The first-order valence-electron chi connectivity index (χ1n) is 8.72. The molecule has 4 rings (SSSR count). The van der Waals surface area contributed by atoms with E-state index < -0.39 is 0 Å². The minimum Gasteiger partial charge on any atom is -0.326 e. The quantitative estimate of drug-likeness (QED) is 0.702. The summed E-state index contributed by atoms with van der Waals surface area (Å²) in [5, 5.41) is 5.71. The number of hydrogen-bond donors (Lipinski definition) is 2. The van der Waals surface area contributed by atoms with E-state index in [0.717, 1.165) is 22.6 Å². The summed E-state index contributed by atoms with van der Waals surface area (Å²) in [6.45, 7) is 3.75. The standard InChI is InChI=1S/C19H20N4O2S2/c1-11-15(12(2)23-16(20-11)10-18(25)22-23)9-17(24)21-14-5-3-4-13(8-14)19-26-6-7-27-19/h3-5,8,10,19H,6-7,9H2,1-2H3,(H,21,24)(H,22,25). The third-order valence-electron chi connectivity index (χ3n) is 4.60. The molecule has 3 aromatic rings. The molecule has 0 saturated carbocycles. The Labute approximate surface area is 165 Å². The molecular weight excluding hydrogens is 380 g/mol. The van der Waals surface area contributed by atoms with Crippen molar-refractivity contribution in [2.45, 2.75) is 24.9 Å². The van der Waals surface area contributed by atoms with Gasteiger partial charge in [-0.25, -0.2) is 9.50 Å². The first kappa shape index (κ1) is 18.2. The van der Waals surface area contributed by atoms with Crippen molar-refractivity contribution >= 4 is 40.8 Å². The van der Waals surface area contributed by atoms with Crippen LogP contribution in [0.4, 0.5) is 5.69 Å². The molecule has 1 fully saturated rings. The fraction of sp³-hybridized carbons (Fsp3) is 0.316. The number of nitrogens with one attached hydrogen (secondary N) is 2. The van der Waals surface area contributed by atoms with E-state index in [-0.39, 0.29) is 17.9 Å². The van der Waals surface area contributed by atoms with Gasteiger partial charge in [0.15, 0.2) is 5.65 Å². The number of carbonyl (C=O) groups excluding carboxylic acids is 1. The molecule has 8 heteroatoms. The molecule has 0 radical (unpaired) electrons. The predicted molar refractivity (Wildman–Crippen MR) is 112 cm³/mol. The highest BCUT2D eigenvalue weighted by atomic mass is 32.2. The average molecular weight is 401 g/mol. The lowest BCUT2D eigenvalue weighted by Crippen LogP contribution is -2.18. The van der Waals surface area contributed by atoms with Crippen LogP contribution in [-0.2, 0) is 11.2 Å². The first-order valence-corrected chi connectivity index (χ1v) is 10.8. The number of thioether (sulfide) groups is 2. The fourth-order valence-corrected chi connectivity index (χ4v) is 6.13. The van der Waals surface area contributed by atoms with Crippen LogP contribution in [0.1, 0.15) is 27.1 Å². The van der Waals surface area contributed by atoms with Crippen LogP contribution in [0.3, 0.4) is 0 Å². The van der Waals surface area contributed by atoms with E-state index in [1.54, 1.807) is 4.52 Å². The zero-order valence-electron chi connectivity index (χ0n) is 15.1. The molecule has 140 valence electrons. The summed E-state index contributed by atoms with van der Waals surface area (Å²) < 4.78 is 2.08. The topological polar surface area (TPSA) is 79.3 Å². The van der Waals surface area contributed by atoms with Gasteiger partial charge >= 0.3 is 0 Å². The molecule has 0 spiro atoms. The molecule has 6 nitrogen and oxygen atoms in total. The highest BCUT2D eigenvalue weighted by molar-refractivity contribution is 8.19. The molecule has 3 heterocycles. The van der Waals surface area contributed by atoms with Crippen LogP contribution in [0.15, 0.2) is 35.1 Å². The van der Waals surface area contributed by atoms with Gasteiger partial charge in [0.05, 0.1) is 11.0 Å². The molecule has 0 bridgehead atoms. The van der Waals surface area contributed by atoms with Crippen molar-refractivity contribution in [2.24, 2.45) is 0 Å². The number of rotatable bonds is 4.